The molecule has 2 aromatic rings. The number of benzene rings is 1. The standard InChI is InChI=1S/C13H15FN4O/c14-12-8-10(7-11-9-15-17-16-11)1-2-13(12)18-3-5-19-6-4-18/h1-2,8-9H,3-7H2,(H,15,16,17). The molecule has 0 atom stereocenters. The number of aromatic nitrogens is 3. The normalized spacial score (nSPS) is 15.7. The van der Waals surface area contributed by atoms with E-state index in [4.69, 9.17) is 4.74 Å². The van der Waals surface area contributed by atoms with Gasteiger partial charge in [-0.15, -0.1) is 0 Å². The fourth-order valence-corrected chi connectivity index (χ4v) is 2.24. The van der Waals surface area contributed by atoms with Crippen molar-refractivity contribution >= 4 is 5.69 Å². The average Bonchev–Trinajstić information content (AvgIpc) is 2.93. The molecule has 1 fully saturated rings. The Morgan fingerprint density at radius 1 is 1.32 bits per heavy atom. The average molecular weight is 262 g/mol. The van der Waals surface area contributed by atoms with Gasteiger partial charge in [0.2, 0.25) is 0 Å². The lowest BCUT2D eigenvalue weighted by Crippen LogP contribution is -2.36. The number of H-pyrrole nitrogens is 1. The van der Waals surface area contributed by atoms with Gasteiger partial charge in [-0.1, -0.05) is 6.07 Å². The maximum atomic E-state index is 14.1. The molecule has 0 radical (unpaired) electrons. The Hall–Kier alpha value is -1.95. The van der Waals surface area contributed by atoms with E-state index in [2.05, 4.69) is 15.4 Å². The summed E-state index contributed by atoms with van der Waals surface area (Å²) >= 11 is 0. The van der Waals surface area contributed by atoms with Crippen LogP contribution in [0.4, 0.5) is 10.1 Å². The van der Waals surface area contributed by atoms with Crippen LogP contribution in [0.25, 0.3) is 0 Å². The summed E-state index contributed by atoms with van der Waals surface area (Å²) < 4.78 is 19.4. The minimum atomic E-state index is -0.192. The first-order chi connectivity index (χ1) is 9.33. The van der Waals surface area contributed by atoms with Crippen molar-refractivity contribution in [1.82, 2.24) is 15.4 Å². The van der Waals surface area contributed by atoms with Crippen molar-refractivity contribution < 1.29 is 9.13 Å². The Bertz CT molecular complexity index is 538. The largest absolute Gasteiger partial charge is 0.378 e. The molecular weight excluding hydrogens is 247 g/mol. The van der Waals surface area contributed by atoms with Crippen LogP contribution in [-0.2, 0) is 11.2 Å². The molecule has 0 unspecified atom stereocenters. The lowest BCUT2D eigenvalue weighted by molar-refractivity contribution is 0.122. The summed E-state index contributed by atoms with van der Waals surface area (Å²) in [5, 5.41) is 10.3. The molecule has 0 saturated carbocycles. The lowest BCUT2D eigenvalue weighted by atomic mass is 10.1. The number of halogens is 1. The molecule has 1 aromatic carbocycles. The number of hydrogen-bond donors (Lipinski definition) is 1. The molecule has 2 heterocycles. The molecule has 0 amide bonds. The first-order valence-electron chi connectivity index (χ1n) is 6.29. The maximum absolute atomic E-state index is 14.1. The highest BCUT2D eigenvalue weighted by molar-refractivity contribution is 5.49. The topological polar surface area (TPSA) is 54.0 Å². The fourth-order valence-electron chi connectivity index (χ4n) is 2.24. The van der Waals surface area contributed by atoms with Gasteiger partial charge < -0.3 is 9.64 Å². The van der Waals surface area contributed by atoms with Gasteiger partial charge in [-0.25, -0.2) is 4.39 Å². The number of nitrogens with one attached hydrogen (secondary N) is 1. The number of anilines is 1. The summed E-state index contributed by atoms with van der Waals surface area (Å²) in [6, 6.07) is 5.33. The van der Waals surface area contributed by atoms with Crippen molar-refractivity contribution in [2.75, 3.05) is 31.2 Å². The summed E-state index contributed by atoms with van der Waals surface area (Å²) in [4.78, 5) is 2.01. The molecule has 0 spiro atoms. The number of hydrogen-bond acceptors (Lipinski definition) is 4. The summed E-state index contributed by atoms with van der Waals surface area (Å²) in [5.74, 6) is -0.192. The second kappa shape index (κ2) is 5.36. The Morgan fingerprint density at radius 3 is 2.84 bits per heavy atom. The van der Waals surface area contributed by atoms with Crippen LogP contribution >= 0.6 is 0 Å². The number of aromatic amines is 1. The smallest absolute Gasteiger partial charge is 0.146 e. The molecule has 1 N–H and O–H groups in total. The Balaban J connectivity index is 1.77. The third-order valence-electron chi connectivity index (χ3n) is 3.21. The van der Waals surface area contributed by atoms with Gasteiger partial charge in [0.25, 0.3) is 0 Å². The molecule has 5 nitrogen and oxygen atoms in total. The SMILES string of the molecule is Fc1cc(Cc2cn[nH]n2)ccc1N1CCOCC1. The van der Waals surface area contributed by atoms with E-state index in [-0.39, 0.29) is 5.82 Å². The second-order valence-corrected chi connectivity index (χ2v) is 4.52. The van der Waals surface area contributed by atoms with Gasteiger partial charge in [-0.05, 0) is 17.7 Å². The molecule has 1 aliphatic heterocycles. The van der Waals surface area contributed by atoms with E-state index in [1.54, 1.807) is 12.3 Å². The summed E-state index contributed by atoms with van der Waals surface area (Å²) in [6.45, 7) is 2.78. The molecule has 1 saturated heterocycles. The summed E-state index contributed by atoms with van der Waals surface area (Å²) in [6.07, 6.45) is 2.23. The second-order valence-electron chi connectivity index (χ2n) is 4.52. The highest BCUT2D eigenvalue weighted by atomic mass is 19.1. The van der Waals surface area contributed by atoms with Crippen LogP contribution in [0.5, 0.6) is 0 Å². The molecule has 6 heteroatoms. The van der Waals surface area contributed by atoms with Gasteiger partial charge in [0, 0.05) is 19.5 Å². The van der Waals surface area contributed by atoms with Gasteiger partial charge in [-0.2, -0.15) is 15.4 Å². The van der Waals surface area contributed by atoms with Gasteiger partial charge in [0.05, 0.1) is 30.8 Å². The Kier molecular flexibility index (Phi) is 3.41. The summed E-state index contributed by atoms with van der Waals surface area (Å²) in [5.41, 5.74) is 2.34. The van der Waals surface area contributed by atoms with Crippen LogP contribution < -0.4 is 4.90 Å². The van der Waals surface area contributed by atoms with Crippen molar-refractivity contribution in [3.8, 4) is 0 Å². The van der Waals surface area contributed by atoms with Gasteiger partial charge in [-0.3, -0.25) is 0 Å². The monoisotopic (exact) mass is 262 g/mol. The third kappa shape index (κ3) is 2.73. The number of ether oxygens (including phenoxy) is 1. The maximum Gasteiger partial charge on any atom is 0.146 e. The number of rotatable bonds is 3. The van der Waals surface area contributed by atoms with Gasteiger partial charge in [0.1, 0.15) is 5.82 Å². The molecule has 1 aliphatic rings. The molecule has 100 valence electrons. The van der Waals surface area contributed by atoms with Crippen LogP contribution in [0.1, 0.15) is 11.3 Å². The molecule has 0 aliphatic carbocycles. The molecular formula is C13H15FN4O. The fraction of sp³-hybridized carbons (Fsp3) is 0.385. The molecule has 0 bridgehead atoms. The van der Waals surface area contributed by atoms with Crippen LogP contribution in [0.15, 0.2) is 24.4 Å². The molecule has 19 heavy (non-hydrogen) atoms. The van der Waals surface area contributed by atoms with Crippen molar-refractivity contribution in [1.29, 1.82) is 0 Å². The Morgan fingerprint density at radius 2 is 2.16 bits per heavy atom. The minimum Gasteiger partial charge on any atom is -0.378 e. The van der Waals surface area contributed by atoms with Gasteiger partial charge >= 0.3 is 0 Å². The predicted octanol–water partition coefficient (Wildman–Crippen LogP) is 1.37. The van der Waals surface area contributed by atoms with E-state index in [9.17, 15) is 4.39 Å². The van der Waals surface area contributed by atoms with Crippen molar-refractivity contribution in [3.63, 3.8) is 0 Å². The van der Waals surface area contributed by atoms with Crippen LogP contribution in [-0.4, -0.2) is 41.7 Å². The van der Waals surface area contributed by atoms with E-state index in [0.29, 0.717) is 25.3 Å². The van der Waals surface area contributed by atoms with Gasteiger partial charge in [0.15, 0.2) is 0 Å². The molecule has 3 rings (SSSR count). The van der Waals surface area contributed by atoms with E-state index >= 15 is 0 Å². The Labute approximate surface area is 110 Å². The van der Waals surface area contributed by atoms with Crippen LogP contribution in [0.2, 0.25) is 0 Å². The van der Waals surface area contributed by atoms with Crippen LogP contribution in [0, 0.1) is 5.82 Å². The first kappa shape index (κ1) is 12.1. The summed E-state index contributed by atoms with van der Waals surface area (Å²) in [7, 11) is 0. The predicted molar refractivity (Wildman–Crippen MR) is 68.6 cm³/mol. The number of morpholine rings is 1. The quantitative estimate of drug-likeness (QED) is 0.907. The van der Waals surface area contributed by atoms with E-state index in [1.807, 2.05) is 17.0 Å². The van der Waals surface area contributed by atoms with Crippen molar-refractivity contribution in [2.24, 2.45) is 0 Å². The minimum absolute atomic E-state index is 0.192. The first-order valence-corrected chi connectivity index (χ1v) is 6.29. The van der Waals surface area contributed by atoms with E-state index in [0.717, 1.165) is 24.3 Å². The van der Waals surface area contributed by atoms with E-state index < -0.39 is 0 Å². The highest BCUT2D eigenvalue weighted by Gasteiger charge is 2.15. The highest BCUT2D eigenvalue weighted by Crippen LogP contribution is 2.22. The zero-order chi connectivity index (χ0) is 13.1. The van der Waals surface area contributed by atoms with Crippen molar-refractivity contribution in [3.05, 3.63) is 41.5 Å². The molecule has 1 aromatic heterocycles. The van der Waals surface area contributed by atoms with Crippen LogP contribution in [0.3, 0.4) is 0 Å². The van der Waals surface area contributed by atoms with Crippen molar-refractivity contribution in [2.45, 2.75) is 6.42 Å². The lowest BCUT2D eigenvalue weighted by Gasteiger charge is -2.29. The zero-order valence-corrected chi connectivity index (χ0v) is 10.5. The number of nitrogens with zero attached hydrogens (tertiary/aromatic N) is 3. The third-order valence-corrected chi connectivity index (χ3v) is 3.21. The van der Waals surface area contributed by atoms with E-state index in [1.165, 1.54) is 0 Å². The zero-order valence-electron chi connectivity index (χ0n) is 10.5.